The second kappa shape index (κ2) is 4.13. The molecular weight excluding hydrogens is 248 g/mol. The number of carboxylic acid groups (broad SMARTS) is 1. The zero-order valence-corrected chi connectivity index (χ0v) is 9.95. The molecule has 0 aliphatic carbocycles. The number of aromatic nitrogens is 2. The Bertz CT molecular complexity index is 347. The van der Waals surface area contributed by atoms with Gasteiger partial charge in [0.15, 0.2) is 0 Å². The minimum atomic E-state index is -0.834. The fourth-order valence-electron chi connectivity index (χ4n) is 1.41. The highest BCUT2D eigenvalue weighted by Crippen LogP contribution is 2.29. The fraction of sp³-hybridized carbons (Fsp3) is 0.556. The third-order valence-corrected chi connectivity index (χ3v) is 2.65. The number of carboxylic acids is 1. The molecule has 1 unspecified atom stereocenters. The van der Waals surface area contributed by atoms with Crippen LogP contribution in [0.25, 0.3) is 0 Å². The summed E-state index contributed by atoms with van der Waals surface area (Å²) in [4.78, 5) is 11.0. The summed E-state index contributed by atoms with van der Waals surface area (Å²) in [6.07, 6.45) is 1.76. The Labute approximate surface area is 91.1 Å². The molecular formula is C9H13BrN2O2. The van der Waals surface area contributed by atoms with E-state index in [0.717, 1.165) is 4.47 Å². The zero-order valence-electron chi connectivity index (χ0n) is 8.36. The van der Waals surface area contributed by atoms with Crippen LogP contribution in [0.2, 0.25) is 0 Å². The van der Waals surface area contributed by atoms with Crippen molar-refractivity contribution in [1.29, 1.82) is 0 Å². The number of carbonyl (C=O) groups is 1. The average Bonchev–Trinajstić information content (AvgIpc) is 2.29. The van der Waals surface area contributed by atoms with Gasteiger partial charge in [-0.05, 0) is 21.8 Å². The number of aryl methyl sites for hydroxylation is 1. The van der Waals surface area contributed by atoms with E-state index < -0.39 is 11.9 Å². The molecule has 0 bridgehead atoms. The highest BCUT2D eigenvalue weighted by molar-refractivity contribution is 9.10. The van der Waals surface area contributed by atoms with Crippen LogP contribution in [-0.4, -0.2) is 20.9 Å². The van der Waals surface area contributed by atoms with Crippen LogP contribution in [0, 0.1) is 5.92 Å². The lowest BCUT2D eigenvalue weighted by atomic mass is 9.93. The molecule has 1 aromatic heterocycles. The molecule has 0 aliphatic heterocycles. The van der Waals surface area contributed by atoms with Gasteiger partial charge in [-0.25, -0.2) is 0 Å². The number of nitrogens with zero attached hydrogens (tertiary/aromatic N) is 2. The van der Waals surface area contributed by atoms with Crippen molar-refractivity contribution in [3.8, 4) is 0 Å². The van der Waals surface area contributed by atoms with Crippen molar-refractivity contribution in [2.24, 2.45) is 13.0 Å². The van der Waals surface area contributed by atoms with Gasteiger partial charge >= 0.3 is 5.97 Å². The van der Waals surface area contributed by atoms with Crippen molar-refractivity contribution in [3.63, 3.8) is 0 Å². The third kappa shape index (κ3) is 2.15. The van der Waals surface area contributed by atoms with Crippen molar-refractivity contribution in [1.82, 2.24) is 9.78 Å². The molecule has 0 radical (unpaired) electrons. The van der Waals surface area contributed by atoms with E-state index in [4.69, 9.17) is 5.11 Å². The largest absolute Gasteiger partial charge is 0.481 e. The van der Waals surface area contributed by atoms with E-state index in [1.165, 1.54) is 0 Å². The van der Waals surface area contributed by atoms with Gasteiger partial charge in [0, 0.05) is 13.2 Å². The maximum atomic E-state index is 11.0. The Morgan fingerprint density at radius 2 is 2.21 bits per heavy atom. The first-order valence-electron chi connectivity index (χ1n) is 4.35. The molecule has 1 rings (SSSR count). The van der Waals surface area contributed by atoms with Crippen LogP contribution in [-0.2, 0) is 11.8 Å². The Hall–Kier alpha value is -0.840. The summed E-state index contributed by atoms with van der Waals surface area (Å²) in [6.45, 7) is 3.75. The van der Waals surface area contributed by atoms with E-state index in [2.05, 4.69) is 21.0 Å². The molecule has 0 amide bonds. The second-order valence-electron chi connectivity index (χ2n) is 3.60. The molecule has 1 aromatic rings. The van der Waals surface area contributed by atoms with E-state index in [0.29, 0.717) is 5.69 Å². The highest BCUT2D eigenvalue weighted by atomic mass is 79.9. The molecule has 4 nitrogen and oxygen atoms in total. The van der Waals surface area contributed by atoms with Gasteiger partial charge in [0.2, 0.25) is 0 Å². The quantitative estimate of drug-likeness (QED) is 0.905. The maximum Gasteiger partial charge on any atom is 0.312 e. The normalized spacial score (nSPS) is 13.2. The lowest BCUT2D eigenvalue weighted by Crippen LogP contribution is -2.18. The molecule has 14 heavy (non-hydrogen) atoms. The van der Waals surface area contributed by atoms with E-state index in [1.807, 2.05) is 13.8 Å². The predicted octanol–water partition coefficient (Wildman–Crippen LogP) is 2.01. The molecule has 0 fully saturated rings. The van der Waals surface area contributed by atoms with Gasteiger partial charge in [-0.15, -0.1) is 0 Å². The highest BCUT2D eigenvalue weighted by Gasteiger charge is 2.28. The molecule has 1 N–H and O–H groups in total. The smallest absolute Gasteiger partial charge is 0.312 e. The van der Waals surface area contributed by atoms with E-state index in [-0.39, 0.29) is 5.92 Å². The van der Waals surface area contributed by atoms with Crippen LogP contribution in [0.4, 0.5) is 0 Å². The number of rotatable bonds is 3. The van der Waals surface area contributed by atoms with Gasteiger partial charge in [0.25, 0.3) is 0 Å². The summed E-state index contributed by atoms with van der Waals surface area (Å²) < 4.78 is 2.36. The van der Waals surface area contributed by atoms with Gasteiger partial charge in [-0.2, -0.15) is 5.10 Å². The Kier molecular flexibility index (Phi) is 3.31. The van der Waals surface area contributed by atoms with Crippen molar-refractivity contribution in [3.05, 3.63) is 16.4 Å². The summed E-state index contributed by atoms with van der Waals surface area (Å²) >= 11 is 3.31. The number of halogens is 1. The SMILES string of the molecule is CC(C)C(C(=O)O)c1nn(C)cc1Br. The standard InChI is InChI=1S/C9H13BrN2O2/c1-5(2)7(9(13)14)8-6(10)4-12(3)11-8/h4-5,7H,1-3H3,(H,13,14). The Morgan fingerprint density at radius 3 is 2.50 bits per heavy atom. The lowest BCUT2D eigenvalue weighted by molar-refractivity contribution is -0.140. The molecule has 0 saturated carbocycles. The fourth-order valence-corrected chi connectivity index (χ4v) is 2.03. The van der Waals surface area contributed by atoms with Crippen LogP contribution in [0.15, 0.2) is 10.7 Å². The molecule has 0 aromatic carbocycles. The van der Waals surface area contributed by atoms with Crippen molar-refractivity contribution < 1.29 is 9.90 Å². The van der Waals surface area contributed by atoms with Gasteiger partial charge in [0.1, 0.15) is 5.92 Å². The first-order chi connectivity index (χ1) is 6.43. The molecule has 1 heterocycles. The molecule has 0 saturated heterocycles. The van der Waals surface area contributed by atoms with E-state index >= 15 is 0 Å². The van der Waals surface area contributed by atoms with Crippen LogP contribution in [0.5, 0.6) is 0 Å². The van der Waals surface area contributed by atoms with Crippen LogP contribution >= 0.6 is 15.9 Å². The first-order valence-corrected chi connectivity index (χ1v) is 5.14. The summed E-state index contributed by atoms with van der Waals surface area (Å²) in [7, 11) is 1.77. The predicted molar refractivity (Wildman–Crippen MR) is 56.1 cm³/mol. The first kappa shape index (κ1) is 11.2. The number of aliphatic carboxylic acids is 1. The Balaban J connectivity index is 3.11. The minimum Gasteiger partial charge on any atom is -0.481 e. The van der Waals surface area contributed by atoms with Gasteiger partial charge in [0.05, 0.1) is 10.2 Å². The van der Waals surface area contributed by atoms with E-state index in [1.54, 1.807) is 17.9 Å². The summed E-state index contributed by atoms with van der Waals surface area (Å²) in [5.41, 5.74) is 0.593. The van der Waals surface area contributed by atoms with Gasteiger partial charge < -0.3 is 5.11 Å². The summed E-state index contributed by atoms with van der Waals surface area (Å²) in [5.74, 6) is -1.36. The van der Waals surface area contributed by atoms with Crippen molar-refractivity contribution >= 4 is 21.9 Å². The van der Waals surface area contributed by atoms with Gasteiger partial charge in [-0.1, -0.05) is 13.8 Å². The number of hydrogen-bond acceptors (Lipinski definition) is 2. The maximum absolute atomic E-state index is 11.0. The van der Waals surface area contributed by atoms with Crippen LogP contribution < -0.4 is 0 Å². The van der Waals surface area contributed by atoms with Crippen molar-refractivity contribution in [2.45, 2.75) is 19.8 Å². The molecule has 0 spiro atoms. The third-order valence-electron chi connectivity index (χ3n) is 2.04. The Morgan fingerprint density at radius 1 is 1.64 bits per heavy atom. The number of hydrogen-bond donors (Lipinski definition) is 1. The zero-order chi connectivity index (χ0) is 10.9. The molecule has 5 heteroatoms. The second-order valence-corrected chi connectivity index (χ2v) is 4.45. The summed E-state index contributed by atoms with van der Waals surface area (Å²) in [6, 6.07) is 0. The minimum absolute atomic E-state index is 0.0266. The lowest BCUT2D eigenvalue weighted by Gasteiger charge is -2.13. The summed E-state index contributed by atoms with van der Waals surface area (Å²) in [5, 5.41) is 13.2. The average molecular weight is 261 g/mol. The monoisotopic (exact) mass is 260 g/mol. The molecule has 1 atom stereocenters. The topological polar surface area (TPSA) is 55.1 Å². The van der Waals surface area contributed by atoms with Crippen LogP contribution in [0.3, 0.4) is 0 Å². The van der Waals surface area contributed by atoms with Crippen LogP contribution in [0.1, 0.15) is 25.5 Å². The van der Waals surface area contributed by atoms with Gasteiger partial charge in [-0.3, -0.25) is 9.48 Å². The molecule has 78 valence electrons. The van der Waals surface area contributed by atoms with E-state index in [9.17, 15) is 4.79 Å². The molecule has 0 aliphatic rings. The van der Waals surface area contributed by atoms with Crippen molar-refractivity contribution in [2.75, 3.05) is 0 Å².